The molecule has 1 aromatic carbocycles. The zero-order valence-electron chi connectivity index (χ0n) is 12.2. The van der Waals surface area contributed by atoms with Crippen molar-refractivity contribution in [2.75, 3.05) is 6.54 Å². The van der Waals surface area contributed by atoms with E-state index < -0.39 is 0 Å². The Kier molecular flexibility index (Phi) is 4.06. The summed E-state index contributed by atoms with van der Waals surface area (Å²) in [6, 6.07) is 10.8. The van der Waals surface area contributed by atoms with E-state index in [2.05, 4.69) is 29.3 Å². The van der Waals surface area contributed by atoms with Crippen molar-refractivity contribution in [1.29, 1.82) is 0 Å². The Morgan fingerprint density at radius 3 is 2.65 bits per heavy atom. The smallest absolute Gasteiger partial charge is 0.240 e. The molecule has 1 unspecified atom stereocenters. The summed E-state index contributed by atoms with van der Waals surface area (Å²) in [5.74, 6) is 1.01. The predicted molar refractivity (Wildman–Crippen MR) is 80.2 cm³/mol. The quantitative estimate of drug-likeness (QED) is 0.893. The van der Waals surface area contributed by atoms with Gasteiger partial charge in [0, 0.05) is 12.6 Å². The van der Waals surface area contributed by atoms with Gasteiger partial charge in [0.2, 0.25) is 5.91 Å². The first-order chi connectivity index (χ1) is 9.75. The van der Waals surface area contributed by atoms with E-state index in [9.17, 15) is 4.79 Å². The van der Waals surface area contributed by atoms with Crippen LogP contribution in [0.25, 0.3) is 0 Å². The highest BCUT2D eigenvalue weighted by atomic mass is 16.2. The average molecular weight is 272 g/mol. The highest BCUT2D eigenvalue weighted by Crippen LogP contribution is 2.36. The summed E-state index contributed by atoms with van der Waals surface area (Å²) in [5.41, 5.74) is 1.23. The second kappa shape index (κ2) is 5.96. The fourth-order valence-electron chi connectivity index (χ4n) is 3.13. The number of hydrogen-bond acceptors (Lipinski definition) is 2. The van der Waals surface area contributed by atoms with Crippen molar-refractivity contribution in [3.05, 3.63) is 35.9 Å². The normalized spacial score (nSPS) is 23.6. The van der Waals surface area contributed by atoms with E-state index in [0.29, 0.717) is 17.9 Å². The van der Waals surface area contributed by atoms with E-state index >= 15 is 0 Å². The van der Waals surface area contributed by atoms with Crippen molar-refractivity contribution in [3.63, 3.8) is 0 Å². The van der Waals surface area contributed by atoms with Crippen LogP contribution in [0.1, 0.15) is 38.2 Å². The number of rotatable bonds is 5. The first kappa shape index (κ1) is 13.6. The molecule has 2 fully saturated rings. The van der Waals surface area contributed by atoms with E-state index in [4.69, 9.17) is 0 Å². The Bertz CT molecular complexity index is 449. The molecule has 1 aliphatic heterocycles. The molecule has 0 spiro atoms. The Labute approximate surface area is 121 Å². The topological polar surface area (TPSA) is 32.3 Å². The monoisotopic (exact) mass is 272 g/mol. The maximum Gasteiger partial charge on any atom is 0.240 e. The maximum atomic E-state index is 12.8. The Morgan fingerprint density at radius 2 is 2.05 bits per heavy atom. The molecule has 1 amide bonds. The molecule has 2 aliphatic rings. The highest BCUT2D eigenvalue weighted by Gasteiger charge is 2.37. The van der Waals surface area contributed by atoms with Gasteiger partial charge in [-0.05, 0) is 50.6 Å². The van der Waals surface area contributed by atoms with E-state index in [1.165, 1.54) is 18.4 Å². The molecule has 2 atom stereocenters. The van der Waals surface area contributed by atoms with Crippen LogP contribution in [0.2, 0.25) is 0 Å². The third-order valence-electron chi connectivity index (χ3n) is 4.63. The van der Waals surface area contributed by atoms with E-state index in [-0.39, 0.29) is 6.04 Å². The first-order valence-corrected chi connectivity index (χ1v) is 7.83. The number of nitrogens with zero attached hydrogens (tertiary/aromatic N) is 1. The number of nitrogens with one attached hydrogen (secondary N) is 1. The Hall–Kier alpha value is -1.35. The molecule has 20 heavy (non-hydrogen) atoms. The first-order valence-electron chi connectivity index (χ1n) is 7.83. The van der Waals surface area contributed by atoms with Crippen LogP contribution in [0.5, 0.6) is 0 Å². The van der Waals surface area contributed by atoms with Crippen LogP contribution >= 0.6 is 0 Å². The minimum absolute atomic E-state index is 0.0416. The lowest BCUT2D eigenvalue weighted by atomic mass is 10.1. The minimum atomic E-state index is 0.0416. The van der Waals surface area contributed by atoms with Gasteiger partial charge in [0.15, 0.2) is 0 Å². The van der Waals surface area contributed by atoms with Gasteiger partial charge in [0.05, 0.1) is 6.04 Å². The molecular formula is C17H24N2O. The van der Waals surface area contributed by atoms with Gasteiger partial charge in [-0.15, -0.1) is 0 Å². The standard InChI is InChI=1S/C17H24N2O/c1-13(15-9-10-15)19(12-14-6-3-2-4-7-14)17(20)16-8-5-11-18-16/h2-4,6-7,13,15-16,18H,5,8-12H2,1H3/t13?,16-/m1/s1. The van der Waals surface area contributed by atoms with Crippen LogP contribution in [0.3, 0.4) is 0 Å². The molecule has 108 valence electrons. The number of carbonyl (C=O) groups is 1. The van der Waals surface area contributed by atoms with Gasteiger partial charge >= 0.3 is 0 Å². The van der Waals surface area contributed by atoms with E-state index in [0.717, 1.165) is 25.9 Å². The lowest BCUT2D eigenvalue weighted by Gasteiger charge is -2.32. The maximum absolute atomic E-state index is 12.8. The van der Waals surface area contributed by atoms with Crippen LogP contribution in [-0.4, -0.2) is 29.4 Å². The predicted octanol–water partition coefficient (Wildman–Crippen LogP) is 2.57. The largest absolute Gasteiger partial charge is 0.334 e. The summed E-state index contributed by atoms with van der Waals surface area (Å²) in [6.45, 7) is 3.94. The van der Waals surface area contributed by atoms with Gasteiger partial charge in [-0.3, -0.25) is 4.79 Å². The van der Waals surface area contributed by atoms with Gasteiger partial charge in [-0.25, -0.2) is 0 Å². The van der Waals surface area contributed by atoms with Crippen LogP contribution in [0.15, 0.2) is 30.3 Å². The third-order valence-corrected chi connectivity index (χ3v) is 4.63. The van der Waals surface area contributed by atoms with Gasteiger partial charge in [-0.2, -0.15) is 0 Å². The molecule has 0 radical (unpaired) electrons. The van der Waals surface area contributed by atoms with Crippen molar-refractivity contribution in [3.8, 4) is 0 Å². The molecule has 1 N–H and O–H groups in total. The van der Waals surface area contributed by atoms with E-state index in [1.807, 2.05) is 18.2 Å². The summed E-state index contributed by atoms with van der Waals surface area (Å²) in [4.78, 5) is 14.9. The van der Waals surface area contributed by atoms with Crippen molar-refractivity contribution in [2.24, 2.45) is 5.92 Å². The molecule has 1 aromatic rings. The summed E-state index contributed by atoms with van der Waals surface area (Å²) in [6.07, 6.45) is 4.66. The number of hydrogen-bond donors (Lipinski definition) is 1. The summed E-state index contributed by atoms with van der Waals surface area (Å²) in [7, 11) is 0. The summed E-state index contributed by atoms with van der Waals surface area (Å²) < 4.78 is 0. The summed E-state index contributed by atoms with van der Waals surface area (Å²) >= 11 is 0. The zero-order chi connectivity index (χ0) is 13.9. The fourth-order valence-corrected chi connectivity index (χ4v) is 3.13. The molecule has 3 nitrogen and oxygen atoms in total. The molecule has 0 aromatic heterocycles. The fraction of sp³-hybridized carbons (Fsp3) is 0.588. The Balaban J connectivity index is 1.74. The summed E-state index contributed by atoms with van der Waals surface area (Å²) in [5, 5.41) is 3.35. The van der Waals surface area contributed by atoms with Crippen LogP contribution in [0.4, 0.5) is 0 Å². The lowest BCUT2D eigenvalue weighted by molar-refractivity contribution is -0.136. The van der Waals surface area contributed by atoms with Gasteiger partial charge in [0.25, 0.3) is 0 Å². The second-order valence-electron chi connectivity index (χ2n) is 6.18. The van der Waals surface area contributed by atoms with Crippen molar-refractivity contribution in [2.45, 2.75) is 51.2 Å². The molecule has 1 aliphatic carbocycles. The molecule has 0 bridgehead atoms. The van der Waals surface area contributed by atoms with Gasteiger partial charge in [-0.1, -0.05) is 30.3 Å². The lowest BCUT2D eigenvalue weighted by Crippen LogP contribution is -2.47. The average Bonchev–Trinajstić information content (AvgIpc) is 3.19. The zero-order valence-corrected chi connectivity index (χ0v) is 12.2. The molecular weight excluding hydrogens is 248 g/mol. The second-order valence-corrected chi connectivity index (χ2v) is 6.18. The number of benzene rings is 1. The van der Waals surface area contributed by atoms with Crippen molar-refractivity contribution in [1.82, 2.24) is 10.2 Å². The van der Waals surface area contributed by atoms with Crippen molar-refractivity contribution < 1.29 is 4.79 Å². The molecule has 1 heterocycles. The van der Waals surface area contributed by atoms with Crippen LogP contribution < -0.4 is 5.32 Å². The van der Waals surface area contributed by atoms with Gasteiger partial charge < -0.3 is 10.2 Å². The molecule has 3 rings (SSSR count). The number of carbonyl (C=O) groups excluding carboxylic acids is 1. The Morgan fingerprint density at radius 1 is 1.30 bits per heavy atom. The molecule has 1 saturated carbocycles. The van der Waals surface area contributed by atoms with Crippen LogP contribution in [0, 0.1) is 5.92 Å². The van der Waals surface area contributed by atoms with Crippen LogP contribution in [-0.2, 0) is 11.3 Å². The van der Waals surface area contributed by atoms with Crippen molar-refractivity contribution >= 4 is 5.91 Å². The SMILES string of the molecule is CC(C1CC1)N(Cc1ccccc1)C(=O)[C@H]1CCCN1. The highest BCUT2D eigenvalue weighted by molar-refractivity contribution is 5.82. The third kappa shape index (κ3) is 3.04. The minimum Gasteiger partial charge on any atom is -0.334 e. The van der Waals surface area contributed by atoms with E-state index in [1.54, 1.807) is 0 Å². The number of amides is 1. The van der Waals surface area contributed by atoms with Gasteiger partial charge in [0.1, 0.15) is 0 Å². The molecule has 3 heteroatoms. The molecule has 1 saturated heterocycles.